The Labute approximate surface area is 592 Å². The summed E-state index contributed by atoms with van der Waals surface area (Å²) in [5.74, 6) is 0.114. The van der Waals surface area contributed by atoms with E-state index in [0.717, 1.165) is 127 Å². The highest BCUT2D eigenvalue weighted by Gasteiger charge is 2.30. The van der Waals surface area contributed by atoms with Crippen LogP contribution < -0.4 is 0 Å². The summed E-state index contributed by atoms with van der Waals surface area (Å²) in [7, 11) is -9.93. The van der Waals surface area contributed by atoms with Crippen LogP contribution >= 0.6 is 15.6 Å². The Kier molecular flexibility index (Phi) is 66.3. The second-order valence-corrected chi connectivity index (χ2v) is 31.7. The first kappa shape index (κ1) is 94.5. The number of esters is 4. The number of hydrogen-bond acceptors (Lipinski definition) is 15. The molecule has 572 valence electrons. The predicted octanol–water partition coefficient (Wildman–Crippen LogP) is 22.5. The first-order chi connectivity index (χ1) is 46.7. The fraction of sp³-hybridized carbons (Fsp3) is 0.897. The van der Waals surface area contributed by atoms with Crippen molar-refractivity contribution in [3.05, 3.63) is 24.3 Å². The van der Waals surface area contributed by atoms with Gasteiger partial charge in [0, 0.05) is 25.7 Å². The highest BCUT2D eigenvalue weighted by Crippen LogP contribution is 2.45. The van der Waals surface area contributed by atoms with Gasteiger partial charge in [-0.1, -0.05) is 323 Å². The number of phosphoric acid groups is 2. The molecule has 0 aliphatic heterocycles. The fourth-order valence-electron chi connectivity index (χ4n) is 11.4. The van der Waals surface area contributed by atoms with E-state index in [1.165, 1.54) is 161 Å². The van der Waals surface area contributed by atoms with Gasteiger partial charge in [0.1, 0.15) is 19.3 Å². The fourth-order valence-corrected chi connectivity index (χ4v) is 13.0. The molecule has 0 aromatic carbocycles. The second kappa shape index (κ2) is 68.0. The summed E-state index contributed by atoms with van der Waals surface area (Å²) in [4.78, 5) is 72.8. The third-order valence-corrected chi connectivity index (χ3v) is 19.4. The molecule has 3 N–H and O–H groups in total. The minimum absolute atomic E-state index is 0.101. The topological polar surface area (TPSA) is 237 Å². The summed E-state index contributed by atoms with van der Waals surface area (Å²) in [6, 6.07) is 0. The number of hydrogen-bond donors (Lipinski definition) is 3. The largest absolute Gasteiger partial charge is 0.472 e. The number of aliphatic hydroxyl groups excluding tert-OH is 1. The third-order valence-electron chi connectivity index (χ3n) is 17.5. The molecule has 0 aliphatic carbocycles. The molecule has 0 fully saturated rings. The number of phosphoric ester groups is 2. The van der Waals surface area contributed by atoms with Gasteiger partial charge in [-0.15, -0.1) is 0 Å². The van der Waals surface area contributed by atoms with Gasteiger partial charge >= 0.3 is 39.5 Å². The molecule has 19 heteroatoms. The van der Waals surface area contributed by atoms with Gasteiger partial charge in [-0.05, 0) is 69.1 Å². The summed E-state index contributed by atoms with van der Waals surface area (Å²) >= 11 is 0. The molecule has 3 unspecified atom stereocenters. The number of aliphatic hydroxyl groups is 1. The van der Waals surface area contributed by atoms with Crippen LogP contribution in [0.4, 0.5) is 0 Å². The molecule has 5 atom stereocenters. The first-order valence-electron chi connectivity index (χ1n) is 39.7. The highest BCUT2D eigenvalue weighted by molar-refractivity contribution is 7.47. The molecule has 0 aromatic heterocycles. The predicted molar refractivity (Wildman–Crippen MR) is 395 cm³/mol. The second-order valence-electron chi connectivity index (χ2n) is 28.8. The molecule has 0 saturated carbocycles. The number of carbonyl (C=O) groups is 4. The Hall–Kier alpha value is -2.46. The summed E-state index contributed by atoms with van der Waals surface area (Å²) in [5.41, 5.74) is 0. The van der Waals surface area contributed by atoms with Crippen molar-refractivity contribution in [1.29, 1.82) is 0 Å². The van der Waals surface area contributed by atoms with Gasteiger partial charge in [0.05, 0.1) is 26.4 Å². The van der Waals surface area contributed by atoms with Crippen LogP contribution in [-0.4, -0.2) is 96.7 Å². The highest BCUT2D eigenvalue weighted by atomic mass is 31.2. The van der Waals surface area contributed by atoms with Crippen molar-refractivity contribution in [2.45, 2.75) is 394 Å². The molecule has 17 nitrogen and oxygen atoms in total. The third kappa shape index (κ3) is 71.7. The van der Waals surface area contributed by atoms with E-state index in [1.54, 1.807) is 0 Å². The zero-order valence-electron chi connectivity index (χ0n) is 63.0. The minimum atomic E-state index is -4.97. The Balaban J connectivity index is 5.27. The number of allylic oxidation sites excluding steroid dienone is 4. The van der Waals surface area contributed by atoms with E-state index >= 15 is 0 Å². The van der Waals surface area contributed by atoms with Crippen LogP contribution in [0.1, 0.15) is 376 Å². The normalized spacial score (nSPS) is 14.2. The lowest BCUT2D eigenvalue weighted by molar-refractivity contribution is -0.161. The van der Waals surface area contributed by atoms with E-state index < -0.39 is 97.5 Å². The Morgan fingerprint density at radius 2 is 0.557 bits per heavy atom. The molecule has 0 spiro atoms. The zero-order valence-corrected chi connectivity index (χ0v) is 64.8. The summed E-state index contributed by atoms with van der Waals surface area (Å²) in [5, 5.41) is 10.6. The standard InChI is InChI=1S/C78H148O17P2/c1-8-9-10-11-12-13-14-15-18-22-25-31-38-45-52-59-75(80)88-65-73(94-77(82)61-54-47-39-32-26-23-20-17-16-19-21-24-29-35-42-49-56-69(2)3)67-92-96(84,85)90-63-72(79)64-91-97(86,87)93-68-74(66-89-76(81)60-53-46-41-34-37-44-51-58-71(6)7)95-78(83)62-55-48-40-33-28-27-30-36-43-50-57-70(4)5/h13-15,18,69-74,79H,8-12,16-17,19-68H2,1-7H3,(H,84,85)(H,86,87)/b14-13-,18-15-/t72?,73-,74-/m1/s1. The molecular weight excluding hydrogens is 1270 g/mol. The lowest BCUT2D eigenvalue weighted by Crippen LogP contribution is -2.30. The first-order valence-corrected chi connectivity index (χ1v) is 42.7. The maximum atomic E-state index is 13.1. The van der Waals surface area contributed by atoms with Crippen LogP contribution in [0.2, 0.25) is 0 Å². The number of rotatable bonds is 74. The van der Waals surface area contributed by atoms with Crippen LogP contribution in [-0.2, 0) is 65.4 Å². The van der Waals surface area contributed by atoms with Crippen molar-refractivity contribution in [3.8, 4) is 0 Å². The molecular formula is C78H148O17P2. The molecule has 0 bridgehead atoms. The van der Waals surface area contributed by atoms with Crippen LogP contribution in [0.15, 0.2) is 24.3 Å². The maximum Gasteiger partial charge on any atom is 0.472 e. The molecule has 0 saturated heterocycles. The summed E-state index contributed by atoms with van der Waals surface area (Å²) in [6.45, 7) is 11.8. The number of unbranched alkanes of at least 4 members (excludes halogenated alkanes) is 39. The van der Waals surface area contributed by atoms with Gasteiger partial charge in [-0.25, -0.2) is 9.13 Å². The minimum Gasteiger partial charge on any atom is -0.462 e. The molecule has 0 heterocycles. The van der Waals surface area contributed by atoms with Gasteiger partial charge in [0.25, 0.3) is 0 Å². The maximum absolute atomic E-state index is 13.1. The Bertz CT molecular complexity index is 1980. The van der Waals surface area contributed by atoms with Crippen molar-refractivity contribution in [3.63, 3.8) is 0 Å². The van der Waals surface area contributed by atoms with Crippen molar-refractivity contribution in [2.75, 3.05) is 39.6 Å². The van der Waals surface area contributed by atoms with Gasteiger partial charge in [-0.2, -0.15) is 0 Å². The van der Waals surface area contributed by atoms with Crippen molar-refractivity contribution >= 4 is 39.5 Å². The van der Waals surface area contributed by atoms with Crippen LogP contribution in [0.3, 0.4) is 0 Å². The monoisotopic (exact) mass is 1420 g/mol. The smallest absolute Gasteiger partial charge is 0.462 e. The van der Waals surface area contributed by atoms with E-state index in [4.69, 9.17) is 37.0 Å². The van der Waals surface area contributed by atoms with E-state index in [0.29, 0.717) is 31.6 Å². The molecule has 97 heavy (non-hydrogen) atoms. The molecule has 0 rings (SSSR count). The van der Waals surface area contributed by atoms with Gasteiger partial charge in [0.15, 0.2) is 12.2 Å². The van der Waals surface area contributed by atoms with Gasteiger partial charge in [-0.3, -0.25) is 37.3 Å². The number of carbonyl (C=O) groups excluding carboxylic acids is 4. The van der Waals surface area contributed by atoms with Crippen LogP contribution in [0.5, 0.6) is 0 Å². The average molecular weight is 1420 g/mol. The van der Waals surface area contributed by atoms with Gasteiger partial charge < -0.3 is 33.8 Å². The SMILES string of the molecule is CCCCCC/C=C\C=C/CCCCCCCC(=O)OC[C@H](COP(=O)(O)OCC(O)COP(=O)(O)OC[C@@H](COC(=O)CCCCCCCCCC(C)C)OC(=O)CCCCCCCCCCCCC(C)C)OC(=O)CCCCCCCCCCCCCCCCCCC(C)C. The van der Waals surface area contributed by atoms with E-state index in [9.17, 15) is 43.2 Å². The lowest BCUT2D eigenvalue weighted by Gasteiger charge is -2.21. The Morgan fingerprint density at radius 1 is 0.320 bits per heavy atom. The van der Waals surface area contributed by atoms with E-state index in [-0.39, 0.29) is 25.7 Å². The molecule has 0 amide bonds. The number of ether oxygens (including phenoxy) is 4. The quantitative estimate of drug-likeness (QED) is 0.0169. The van der Waals surface area contributed by atoms with Gasteiger partial charge in [0.2, 0.25) is 0 Å². The van der Waals surface area contributed by atoms with Crippen molar-refractivity contribution < 1.29 is 80.2 Å². The Morgan fingerprint density at radius 3 is 0.835 bits per heavy atom. The zero-order chi connectivity index (χ0) is 71.6. The molecule has 0 aromatic rings. The lowest BCUT2D eigenvalue weighted by atomic mass is 10.0. The van der Waals surface area contributed by atoms with Crippen molar-refractivity contribution in [2.24, 2.45) is 17.8 Å². The van der Waals surface area contributed by atoms with E-state index in [1.807, 2.05) is 0 Å². The summed E-state index contributed by atoms with van der Waals surface area (Å²) < 4.78 is 68.5. The van der Waals surface area contributed by atoms with E-state index in [2.05, 4.69) is 72.8 Å². The van der Waals surface area contributed by atoms with Crippen LogP contribution in [0, 0.1) is 17.8 Å². The van der Waals surface area contributed by atoms with Crippen molar-refractivity contribution in [1.82, 2.24) is 0 Å². The molecule has 0 radical (unpaired) electrons. The van der Waals surface area contributed by atoms with Crippen LogP contribution in [0.25, 0.3) is 0 Å². The summed E-state index contributed by atoms with van der Waals surface area (Å²) in [6.07, 6.45) is 57.8. The average Bonchev–Trinajstić information content (AvgIpc) is 1.24. The molecule has 0 aliphatic rings.